The Morgan fingerprint density at radius 3 is 3.18 bits per heavy atom. The molecule has 1 aliphatic heterocycles. The number of nitrogens with one attached hydrogen (secondary N) is 1. The molecule has 1 aromatic carbocycles. The van der Waals surface area contributed by atoms with Crippen molar-refractivity contribution in [2.24, 2.45) is 0 Å². The van der Waals surface area contributed by atoms with Crippen LogP contribution in [0.25, 0.3) is 10.9 Å². The lowest BCUT2D eigenvalue weighted by molar-refractivity contribution is 0.243. The molecule has 1 N–H and O–H groups in total. The van der Waals surface area contributed by atoms with E-state index in [-0.39, 0.29) is 0 Å². The summed E-state index contributed by atoms with van der Waals surface area (Å²) < 4.78 is 1.10. The SMILES string of the molecule is Cc1ncc2c(n1)CCN(Cc1c[nH]c3cc(Br)ccc13)C2. The molecule has 0 unspecified atom stereocenters. The van der Waals surface area contributed by atoms with Crippen LogP contribution in [0.2, 0.25) is 0 Å². The summed E-state index contributed by atoms with van der Waals surface area (Å²) >= 11 is 3.52. The third kappa shape index (κ3) is 2.55. The zero-order valence-corrected chi connectivity index (χ0v) is 14.0. The summed E-state index contributed by atoms with van der Waals surface area (Å²) in [6, 6.07) is 6.40. The lowest BCUT2D eigenvalue weighted by Gasteiger charge is -2.27. The summed E-state index contributed by atoms with van der Waals surface area (Å²) in [5.74, 6) is 0.870. The summed E-state index contributed by atoms with van der Waals surface area (Å²) in [4.78, 5) is 14.7. The summed E-state index contributed by atoms with van der Waals surface area (Å²) in [7, 11) is 0. The number of halogens is 1. The quantitative estimate of drug-likeness (QED) is 0.762. The van der Waals surface area contributed by atoms with Gasteiger partial charge in [0.05, 0.1) is 0 Å². The van der Waals surface area contributed by atoms with Crippen molar-refractivity contribution in [1.82, 2.24) is 19.9 Å². The Morgan fingerprint density at radius 2 is 2.27 bits per heavy atom. The summed E-state index contributed by atoms with van der Waals surface area (Å²) in [6.07, 6.45) is 5.11. The molecule has 2 aromatic heterocycles. The minimum Gasteiger partial charge on any atom is -0.361 e. The molecular weight excluding hydrogens is 340 g/mol. The van der Waals surface area contributed by atoms with Crippen molar-refractivity contribution in [3.8, 4) is 0 Å². The summed E-state index contributed by atoms with van der Waals surface area (Å²) in [5, 5.41) is 1.30. The van der Waals surface area contributed by atoms with Gasteiger partial charge in [-0.05, 0) is 24.6 Å². The van der Waals surface area contributed by atoms with Crippen molar-refractivity contribution in [2.45, 2.75) is 26.4 Å². The average Bonchev–Trinajstić information content (AvgIpc) is 2.89. The number of fused-ring (bicyclic) bond motifs is 2. The monoisotopic (exact) mass is 356 g/mol. The van der Waals surface area contributed by atoms with Gasteiger partial charge in [0.15, 0.2) is 0 Å². The maximum atomic E-state index is 4.56. The van der Waals surface area contributed by atoms with Gasteiger partial charge in [0.25, 0.3) is 0 Å². The van der Waals surface area contributed by atoms with E-state index in [1.54, 1.807) is 0 Å². The molecular formula is C17H17BrN4. The van der Waals surface area contributed by atoms with E-state index in [9.17, 15) is 0 Å². The molecule has 3 heterocycles. The Bertz CT molecular complexity index is 840. The molecule has 0 atom stereocenters. The number of H-pyrrole nitrogens is 1. The van der Waals surface area contributed by atoms with E-state index in [1.807, 2.05) is 13.1 Å². The second-order valence-corrected chi connectivity index (χ2v) is 6.77. The number of rotatable bonds is 2. The van der Waals surface area contributed by atoms with E-state index in [0.29, 0.717) is 0 Å². The second kappa shape index (κ2) is 5.48. The van der Waals surface area contributed by atoms with Crippen molar-refractivity contribution in [2.75, 3.05) is 6.54 Å². The fourth-order valence-corrected chi connectivity index (χ4v) is 3.50. The third-order valence-corrected chi connectivity index (χ3v) is 4.75. The number of benzene rings is 1. The van der Waals surface area contributed by atoms with Crippen molar-refractivity contribution in [1.29, 1.82) is 0 Å². The van der Waals surface area contributed by atoms with Crippen LogP contribution >= 0.6 is 15.9 Å². The zero-order chi connectivity index (χ0) is 15.1. The zero-order valence-electron chi connectivity index (χ0n) is 12.4. The fourth-order valence-electron chi connectivity index (χ4n) is 3.14. The number of aryl methyl sites for hydroxylation is 1. The van der Waals surface area contributed by atoms with Crippen molar-refractivity contribution < 1.29 is 0 Å². The molecule has 0 saturated heterocycles. The fraction of sp³-hybridized carbons (Fsp3) is 0.294. The first-order chi connectivity index (χ1) is 10.7. The second-order valence-electron chi connectivity index (χ2n) is 5.85. The molecule has 0 saturated carbocycles. The van der Waals surface area contributed by atoms with Gasteiger partial charge in [0.1, 0.15) is 5.82 Å². The third-order valence-electron chi connectivity index (χ3n) is 4.26. The topological polar surface area (TPSA) is 44.8 Å². The van der Waals surface area contributed by atoms with Gasteiger partial charge >= 0.3 is 0 Å². The van der Waals surface area contributed by atoms with Gasteiger partial charge < -0.3 is 4.98 Å². The molecule has 4 rings (SSSR count). The first-order valence-electron chi connectivity index (χ1n) is 7.48. The van der Waals surface area contributed by atoms with Gasteiger partial charge in [0.2, 0.25) is 0 Å². The minimum atomic E-state index is 0.870. The Hall–Kier alpha value is -1.72. The van der Waals surface area contributed by atoms with Crippen LogP contribution in [0.3, 0.4) is 0 Å². The van der Waals surface area contributed by atoms with Crippen LogP contribution in [0.5, 0.6) is 0 Å². The molecule has 22 heavy (non-hydrogen) atoms. The van der Waals surface area contributed by atoms with E-state index in [1.165, 1.54) is 27.7 Å². The maximum absolute atomic E-state index is 4.56. The average molecular weight is 357 g/mol. The molecule has 0 radical (unpaired) electrons. The first-order valence-corrected chi connectivity index (χ1v) is 8.27. The summed E-state index contributed by atoms with van der Waals surface area (Å²) in [6.45, 7) is 4.89. The number of hydrogen-bond donors (Lipinski definition) is 1. The Morgan fingerprint density at radius 1 is 1.36 bits per heavy atom. The van der Waals surface area contributed by atoms with Gasteiger partial charge in [-0.25, -0.2) is 9.97 Å². The van der Waals surface area contributed by atoms with Crippen LogP contribution in [-0.4, -0.2) is 26.4 Å². The predicted octanol–water partition coefficient (Wildman–Crippen LogP) is 3.59. The van der Waals surface area contributed by atoms with E-state index in [4.69, 9.17) is 0 Å². The van der Waals surface area contributed by atoms with Crippen LogP contribution in [0, 0.1) is 6.92 Å². The van der Waals surface area contributed by atoms with Crippen LogP contribution in [0.1, 0.15) is 22.6 Å². The molecule has 0 fully saturated rings. The molecule has 4 nitrogen and oxygen atoms in total. The largest absolute Gasteiger partial charge is 0.361 e. The lowest BCUT2D eigenvalue weighted by Crippen LogP contribution is -2.30. The highest BCUT2D eigenvalue weighted by atomic mass is 79.9. The van der Waals surface area contributed by atoms with E-state index < -0.39 is 0 Å². The smallest absolute Gasteiger partial charge is 0.125 e. The number of nitrogens with zero attached hydrogens (tertiary/aromatic N) is 3. The van der Waals surface area contributed by atoms with Crippen LogP contribution in [0.15, 0.2) is 35.1 Å². The van der Waals surface area contributed by atoms with Gasteiger partial charge in [-0.1, -0.05) is 22.0 Å². The predicted molar refractivity (Wildman–Crippen MR) is 90.6 cm³/mol. The summed E-state index contributed by atoms with van der Waals surface area (Å²) in [5.41, 5.74) is 5.01. The van der Waals surface area contributed by atoms with Crippen molar-refractivity contribution in [3.63, 3.8) is 0 Å². The van der Waals surface area contributed by atoms with Crippen LogP contribution < -0.4 is 0 Å². The normalized spacial score (nSPS) is 15.2. The minimum absolute atomic E-state index is 0.870. The first kappa shape index (κ1) is 13.9. The molecule has 3 aromatic rings. The van der Waals surface area contributed by atoms with Crippen molar-refractivity contribution >= 4 is 26.8 Å². The van der Waals surface area contributed by atoms with E-state index in [0.717, 1.165) is 36.4 Å². The highest BCUT2D eigenvalue weighted by molar-refractivity contribution is 9.10. The van der Waals surface area contributed by atoms with Crippen LogP contribution in [0.4, 0.5) is 0 Å². The van der Waals surface area contributed by atoms with Gasteiger partial charge in [-0.15, -0.1) is 0 Å². The Labute approximate surface area is 137 Å². The van der Waals surface area contributed by atoms with E-state index >= 15 is 0 Å². The number of aromatic nitrogens is 3. The standard InChI is InChI=1S/C17H17BrN4/c1-11-19-8-13-10-22(5-4-16(13)21-11)9-12-7-20-17-6-14(18)2-3-15(12)17/h2-3,6-8,20H,4-5,9-10H2,1H3. The van der Waals surface area contributed by atoms with Crippen molar-refractivity contribution in [3.05, 3.63) is 57.7 Å². The highest BCUT2D eigenvalue weighted by Gasteiger charge is 2.19. The number of aromatic amines is 1. The molecule has 0 bridgehead atoms. The molecule has 0 spiro atoms. The van der Waals surface area contributed by atoms with Gasteiger partial charge in [0, 0.05) is 65.1 Å². The maximum Gasteiger partial charge on any atom is 0.125 e. The van der Waals surface area contributed by atoms with Gasteiger partial charge in [-0.3, -0.25) is 4.90 Å². The molecule has 5 heteroatoms. The highest BCUT2D eigenvalue weighted by Crippen LogP contribution is 2.25. The molecule has 0 aliphatic carbocycles. The Balaban J connectivity index is 1.57. The number of hydrogen-bond acceptors (Lipinski definition) is 3. The molecule has 112 valence electrons. The molecule has 1 aliphatic rings. The Kier molecular flexibility index (Phi) is 3.47. The van der Waals surface area contributed by atoms with Gasteiger partial charge in [-0.2, -0.15) is 0 Å². The molecule has 0 amide bonds. The van der Waals surface area contributed by atoms with E-state index in [2.05, 4.69) is 60.2 Å². The van der Waals surface area contributed by atoms with Crippen LogP contribution in [-0.2, 0) is 19.5 Å². The lowest BCUT2D eigenvalue weighted by atomic mass is 10.1.